The number of amides is 1. The minimum atomic E-state index is 0.0430. The zero-order valence-corrected chi connectivity index (χ0v) is 17.1. The summed E-state index contributed by atoms with van der Waals surface area (Å²) in [5, 5.41) is 5.16. The Morgan fingerprint density at radius 2 is 2.12 bits per heavy atom. The van der Waals surface area contributed by atoms with Crippen LogP contribution in [-0.4, -0.2) is 51.8 Å². The maximum absolute atomic E-state index is 12.6. The smallest absolute Gasteiger partial charge is 0.257 e. The quantitative estimate of drug-likeness (QED) is 0.633. The van der Waals surface area contributed by atoms with E-state index < -0.39 is 0 Å². The lowest BCUT2D eigenvalue weighted by Crippen LogP contribution is -2.45. The van der Waals surface area contributed by atoms with Gasteiger partial charge in [0.1, 0.15) is 0 Å². The van der Waals surface area contributed by atoms with E-state index in [0.29, 0.717) is 5.56 Å². The van der Waals surface area contributed by atoms with Gasteiger partial charge in [0, 0.05) is 43.9 Å². The molecule has 0 saturated carbocycles. The van der Waals surface area contributed by atoms with Crippen LogP contribution in [0.25, 0.3) is 10.2 Å². The van der Waals surface area contributed by atoms with Gasteiger partial charge < -0.3 is 9.80 Å². The molecule has 1 aliphatic rings. The van der Waals surface area contributed by atoms with E-state index in [9.17, 15) is 4.79 Å². The van der Waals surface area contributed by atoms with Crippen LogP contribution in [-0.2, 0) is 7.05 Å². The van der Waals surface area contributed by atoms with Gasteiger partial charge >= 0.3 is 0 Å². The van der Waals surface area contributed by atoms with Crippen molar-refractivity contribution in [3.8, 4) is 0 Å². The summed E-state index contributed by atoms with van der Waals surface area (Å²) in [6.45, 7) is 1.83. The first kappa shape index (κ1) is 17.5. The average molecular weight is 434 g/mol. The van der Waals surface area contributed by atoms with Crippen LogP contribution in [0, 0.1) is 0 Å². The van der Waals surface area contributed by atoms with E-state index in [4.69, 9.17) is 4.98 Å². The van der Waals surface area contributed by atoms with E-state index in [1.165, 1.54) is 4.70 Å². The largest absolute Gasteiger partial charge is 0.348 e. The average Bonchev–Trinajstić information content (AvgIpc) is 3.26. The fourth-order valence-corrected chi connectivity index (χ4v) is 4.94. The summed E-state index contributed by atoms with van der Waals surface area (Å²) >= 11 is 5.24. The zero-order chi connectivity index (χ0) is 18.3. The standard InChI is InChI=1S/C18H20BrN5OS/c1-22-11-12(10-20-22)17(25)23(2)14-5-7-24(8-6-14)18-21-15-4-3-13(19)9-16(15)26-18/h3-4,9-11,14H,5-8H2,1-2H3. The molecule has 0 atom stereocenters. The third kappa shape index (κ3) is 3.35. The summed E-state index contributed by atoms with van der Waals surface area (Å²) in [4.78, 5) is 21.6. The van der Waals surface area contributed by atoms with E-state index in [1.54, 1.807) is 28.4 Å². The molecule has 2 aromatic heterocycles. The van der Waals surface area contributed by atoms with Crippen molar-refractivity contribution < 1.29 is 4.79 Å². The number of rotatable bonds is 3. The number of thiazole rings is 1. The number of anilines is 1. The highest BCUT2D eigenvalue weighted by atomic mass is 79.9. The molecule has 0 aliphatic carbocycles. The molecule has 4 rings (SSSR count). The van der Waals surface area contributed by atoms with E-state index in [-0.39, 0.29) is 11.9 Å². The highest BCUT2D eigenvalue weighted by Crippen LogP contribution is 2.32. The van der Waals surface area contributed by atoms with Gasteiger partial charge in [-0.2, -0.15) is 5.10 Å². The topological polar surface area (TPSA) is 54.3 Å². The lowest BCUT2D eigenvalue weighted by molar-refractivity contribution is 0.0709. The first-order valence-corrected chi connectivity index (χ1v) is 10.2. The van der Waals surface area contributed by atoms with Gasteiger partial charge in [0.2, 0.25) is 0 Å². The number of aryl methyl sites for hydroxylation is 1. The van der Waals surface area contributed by atoms with E-state index in [2.05, 4.69) is 32.0 Å². The Hall–Kier alpha value is -1.93. The van der Waals surface area contributed by atoms with Gasteiger partial charge in [-0.25, -0.2) is 4.98 Å². The molecular weight excluding hydrogens is 414 g/mol. The molecule has 8 heteroatoms. The lowest BCUT2D eigenvalue weighted by Gasteiger charge is -2.36. The molecule has 0 spiro atoms. The maximum atomic E-state index is 12.6. The maximum Gasteiger partial charge on any atom is 0.257 e. The summed E-state index contributed by atoms with van der Waals surface area (Å²) in [5.41, 5.74) is 1.69. The molecule has 1 saturated heterocycles. The van der Waals surface area contributed by atoms with Crippen molar-refractivity contribution in [3.05, 3.63) is 40.6 Å². The van der Waals surface area contributed by atoms with Crippen LogP contribution in [0.1, 0.15) is 23.2 Å². The lowest BCUT2D eigenvalue weighted by atomic mass is 10.0. The molecule has 1 aliphatic heterocycles. The van der Waals surface area contributed by atoms with Crippen molar-refractivity contribution in [1.82, 2.24) is 19.7 Å². The van der Waals surface area contributed by atoms with Gasteiger partial charge in [0.15, 0.2) is 5.13 Å². The monoisotopic (exact) mass is 433 g/mol. The molecule has 1 amide bonds. The Labute approximate surface area is 164 Å². The predicted octanol–water partition coefficient (Wildman–Crippen LogP) is 3.53. The van der Waals surface area contributed by atoms with Gasteiger partial charge in [0.05, 0.1) is 22.0 Å². The van der Waals surface area contributed by atoms with Crippen molar-refractivity contribution in [1.29, 1.82) is 0 Å². The van der Waals surface area contributed by atoms with Gasteiger partial charge in [-0.15, -0.1) is 0 Å². The molecule has 0 bridgehead atoms. The summed E-state index contributed by atoms with van der Waals surface area (Å²) < 4.78 is 3.93. The summed E-state index contributed by atoms with van der Waals surface area (Å²) in [7, 11) is 3.72. The Morgan fingerprint density at radius 1 is 1.35 bits per heavy atom. The molecule has 26 heavy (non-hydrogen) atoms. The number of aromatic nitrogens is 3. The third-order valence-electron chi connectivity index (χ3n) is 4.89. The zero-order valence-electron chi connectivity index (χ0n) is 14.7. The number of benzene rings is 1. The molecule has 0 N–H and O–H groups in total. The molecule has 1 aromatic carbocycles. The highest BCUT2D eigenvalue weighted by molar-refractivity contribution is 9.10. The van der Waals surface area contributed by atoms with Crippen molar-refractivity contribution in [2.24, 2.45) is 7.05 Å². The SMILES string of the molecule is CN(C(=O)c1cnn(C)c1)C1CCN(c2nc3ccc(Br)cc3s2)CC1. The van der Waals surface area contributed by atoms with Crippen LogP contribution in [0.4, 0.5) is 5.13 Å². The summed E-state index contributed by atoms with van der Waals surface area (Å²) in [5.74, 6) is 0.0430. The molecule has 6 nitrogen and oxygen atoms in total. The molecular formula is C18H20BrN5OS. The fraction of sp³-hybridized carbons (Fsp3) is 0.389. The van der Waals surface area contributed by atoms with Gasteiger partial charge in [0.25, 0.3) is 5.91 Å². The van der Waals surface area contributed by atoms with Gasteiger partial charge in [-0.1, -0.05) is 27.3 Å². The first-order chi connectivity index (χ1) is 12.5. The number of piperidine rings is 1. The number of halogens is 1. The van der Waals surface area contributed by atoms with E-state index in [1.807, 2.05) is 31.1 Å². The number of nitrogens with zero attached hydrogens (tertiary/aromatic N) is 5. The van der Waals surface area contributed by atoms with Crippen LogP contribution in [0.5, 0.6) is 0 Å². The molecule has 3 heterocycles. The van der Waals surface area contributed by atoms with Crippen LogP contribution in [0.2, 0.25) is 0 Å². The van der Waals surface area contributed by atoms with Crippen LogP contribution in [0.15, 0.2) is 35.1 Å². The second kappa shape index (κ2) is 7.00. The van der Waals surface area contributed by atoms with Crippen LogP contribution < -0.4 is 4.90 Å². The number of fused-ring (bicyclic) bond motifs is 1. The Morgan fingerprint density at radius 3 is 2.81 bits per heavy atom. The van der Waals surface area contributed by atoms with E-state index in [0.717, 1.165) is 41.1 Å². The van der Waals surface area contributed by atoms with Crippen molar-refractivity contribution in [3.63, 3.8) is 0 Å². The predicted molar refractivity (Wildman–Crippen MR) is 108 cm³/mol. The minimum absolute atomic E-state index is 0.0430. The molecule has 136 valence electrons. The molecule has 0 radical (unpaired) electrons. The van der Waals surface area contributed by atoms with Gasteiger partial charge in [-0.3, -0.25) is 9.48 Å². The Bertz CT molecular complexity index is 944. The van der Waals surface area contributed by atoms with Crippen LogP contribution >= 0.6 is 27.3 Å². The van der Waals surface area contributed by atoms with Gasteiger partial charge in [-0.05, 0) is 31.0 Å². The number of carbonyl (C=O) groups excluding carboxylic acids is 1. The molecule has 0 unspecified atom stereocenters. The molecule has 1 fully saturated rings. The summed E-state index contributed by atoms with van der Waals surface area (Å²) in [6.07, 6.45) is 5.30. The molecule has 3 aromatic rings. The van der Waals surface area contributed by atoms with E-state index >= 15 is 0 Å². The number of carbonyl (C=O) groups is 1. The first-order valence-electron chi connectivity index (χ1n) is 8.58. The third-order valence-corrected chi connectivity index (χ3v) is 6.47. The number of hydrogen-bond acceptors (Lipinski definition) is 5. The van der Waals surface area contributed by atoms with Crippen LogP contribution in [0.3, 0.4) is 0 Å². The van der Waals surface area contributed by atoms with Crippen molar-refractivity contribution in [2.45, 2.75) is 18.9 Å². The fourth-order valence-electron chi connectivity index (χ4n) is 3.37. The second-order valence-corrected chi connectivity index (χ2v) is 8.57. The Kier molecular flexibility index (Phi) is 4.71. The number of hydrogen-bond donors (Lipinski definition) is 0. The second-order valence-electron chi connectivity index (χ2n) is 6.65. The summed E-state index contributed by atoms with van der Waals surface area (Å²) in [6, 6.07) is 6.44. The normalized spacial score (nSPS) is 15.6. The highest BCUT2D eigenvalue weighted by Gasteiger charge is 2.27. The van der Waals surface area contributed by atoms with Crippen molar-refractivity contribution in [2.75, 3.05) is 25.0 Å². The minimum Gasteiger partial charge on any atom is -0.348 e. The van der Waals surface area contributed by atoms with Crippen molar-refractivity contribution >= 4 is 48.5 Å². The Balaban J connectivity index is 1.42.